The SMILES string of the molecule is CC/C=C\C/C=C\C/C=C\C/C=C\CCCCCCCCCCC(=O)OC(COC(=O)CCCCCCCCCCCCCCCCCCCCCCCCCCCCCCCCCCCCCCCCCCC)COC(OCC[N+](C)(C)C)C(=O)O. The van der Waals surface area contributed by atoms with Crippen molar-refractivity contribution in [1.29, 1.82) is 0 Å². The van der Waals surface area contributed by atoms with Crippen LogP contribution >= 0.6 is 0 Å². The number of ether oxygens (including phenoxy) is 4. The minimum absolute atomic E-state index is 0.183. The Kier molecular flexibility index (Phi) is 67.0. The highest BCUT2D eigenvalue weighted by Crippen LogP contribution is 2.20. The maximum atomic E-state index is 12.9. The molecule has 0 spiro atoms. The number of esters is 2. The fourth-order valence-corrected chi connectivity index (χ4v) is 11.4. The molecule has 87 heavy (non-hydrogen) atoms. The summed E-state index contributed by atoms with van der Waals surface area (Å²) in [6.07, 6.45) is 87.0. The number of carbonyl (C=O) groups is 3. The van der Waals surface area contributed by atoms with Crippen LogP contribution in [-0.2, 0) is 33.3 Å². The Morgan fingerprint density at radius 1 is 0.356 bits per heavy atom. The minimum atomic E-state index is -1.51. The van der Waals surface area contributed by atoms with Gasteiger partial charge in [-0.05, 0) is 51.4 Å². The summed E-state index contributed by atoms with van der Waals surface area (Å²) in [5.41, 5.74) is 0. The van der Waals surface area contributed by atoms with Gasteiger partial charge in [0.25, 0.3) is 6.29 Å². The van der Waals surface area contributed by atoms with E-state index < -0.39 is 24.3 Å². The molecule has 0 aliphatic rings. The molecule has 0 saturated carbocycles. The Bertz CT molecular complexity index is 1570. The van der Waals surface area contributed by atoms with Crippen molar-refractivity contribution in [3.63, 3.8) is 0 Å². The van der Waals surface area contributed by atoms with E-state index >= 15 is 0 Å². The molecular weight excluding hydrogens is 1080 g/mol. The van der Waals surface area contributed by atoms with Gasteiger partial charge in [0.15, 0.2) is 6.10 Å². The molecule has 0 amide bonds. The van der Waals surface area contributed by atoms with Crippen molar-refractivity contribution >= 4 is 17.9 Å². The van der Waals surface area contributed by atoms with Gasteiger partial charge < -0.3 is 28.5 Å². The molecule has 0 aromatic rings. The van der Waals surface area contributed by atoms with Crippen LogP contribution in [0.2, 0.25) is 0 Å². The minimum Gasteiger partial charge on any atom is -0.477 e. The monoisotopic (exact) mass is 1230 g/mol. The maximum Gasteiger partial charge on any atom is 0.361 e. The standard InChI is InChI=1S/C78H145NO8/c1-6-8-10-12-14-16-18-20-22-24-26-28-29-30-31-32-33-34-35-36-37-38-39-40-41-42-43-44-45-46-47-49-50-52-54-56-58-60-62-64-66-68-75(80)85-72-74(73-86-78(77(82)83)84-71-70-79(3,4)5)87-76(81)69-67-65-63-61-59-57-55-53-51-48-27-25-23-21-19-17-15-13-11-9-7-2/h9,11,15,17,21,23,27,48,74,78H,6-8,10,12-14,16,18-20,22,24-26,28-47,49-73H2,1-5H3/p+1/b11-9-,17-15-,23-21-,48-27-. The lowest BCUT2D eigenvalue weighted by molar-refractivity contribution is -0.870. The lowest BCUT2D eigenvalue weighted by Gasteiger charge is -2.25. The summed E-state index contributed by atoms with van der Waals surface area (Å²) in [5.74, 6) is -2.00. The van der Waals surface area contributed by atoms with E-state index in [-0.39, 0.29) is 32.2 Å². The van der Waals surface area contributed by atoms with Crippen molar-refractivity contribution in [2.24, 2.45) is 0 Å². The van der Waals surface area contributed by atoms with Gasteiger partial charge in [0.05, 0.1) is 34.4 Å². The van der Waals surface area contributed by atoms with E-state index in [0.717, 1.165) is 70.6 Å². The number of carbonyl (C=O) groups excluding carboxylic acids is 2. The van der Waals surface area contributed by atoms with Crippen LogP contribution in [0.1, 0.15) is 373 Å². The van der Waals surface area contributed by atoms with Crippen LogP contribution in [0, 0.1) is 0 Å². The molecule has 2 unspecified atom stereocenters. The summed E-state index contributed by atoms with van der Waals surface area (Å²) in [6.45, 7) is 4.81. The number of quaternary nitrogens is 1. The topological polar surface area (TPSA) is 108 Å². The van der Waals surface area contributed by atoms with E-state index in [2.05, 4.69) is 62.5 Å². The molecule has 0 heterocycles. The molecule has 0 aliphatic heterocycles. The van der Waals surface area contributed by atoms with Gasteiger partial charge in [0, 0.05) is 12.8 Å². The van der Waals surface area contributed by atoms with Crippen LogP contribution in [0.5, 0.6) is 0 Å². The summed E-state index contributed by atoms with van der Waals surface area (Å²) in [4.78, 5) is 37.6. The van der Waals surface area contributed by atoms with Crippen molar-refractivity contribution in [2.75, 3.05) is 47.5 Å². The lowest BCUT2D eigenvalue weighted by Crippen LogP contribution is -2.40. The Labute approximate surface area is 540 Å². The molecule has 0 radical (unpaired) electrons. The molecule has 0 fully saturated rings. The van der Waals surface area contributed by atoms with E-state index in [4.69, 9.17) is 18.9 Å². The highest BCUT2D eigenvalue weighted by Gasteiger charge is 2.25. The van der Waals surface area contributed by atoms with E-state index in [9.17, 15) is 19.5 Å². The van der Waals surface area contributed by atoms with Gasteiger partial charge in [-0.1, -0.05) is 358 Å². The van der Waals surface area contributed by atoms with Gasteiger partial charge in [-0.15, -0.1) is 0 Å². The number of hydrogen-bond donors (Lipinski definition) is 1. The molecule has 2 atom stereocenters. The number of hydrogen-bond acceptors (Lipinski definition) is 7. The predicted molar refractivity (Wildman–Crippen MR) is 374 cm³/mol. The van der Waals surface area contributed by atoms with Gasteiger partial charge in [-0.2, -0.15) is 0 Å². The first-order valence-electron chi connectivity index (χ1n) is 37.8. The van der Waals surface area contributed by atoms with Gasteiger partial charge in [0.2, 0.25) is 0 Å². The number of carboxylic acid groups (broad SMARTS) is 1. The second-order valence-electron chi connectivity index (χ2n) is 26.9. The molecule has 0 aromatic carbocycles. The van der Waals surface area contributed by atoms with Crippen molar-refractivity contribution in [1.82, 2.24) is 0 Å². The van der Waals surface area contributed by atoms with Crippen LogP contribution in [0.25, 0.3) is 0 Å². The average molecular weight is 1230 g/mol. The zero-order chi connectivity index (χ0) is 63.3. The molecule has 0 bridgehead atoms. The maximum absolute atomic E-state index is 12.9. The number of rotatable bonds is 71. The highest BCUT2D eigenvalue weighted by molar-refractivity contribution is 5.71. The average Bonchev–Trinajstić information content (AvgIpc) is 3.57. The second-order valence-corrected chi connectivity index (χ2v) is 26.9. The third kappa shape index (κ3) is 70.6. The first-order valence-corrected chi connectivity index (χ1v) is 37.8. The van der Waals surface area contributed by atoms with E-state index in [0.29, 0.717) is 23.9 Å². The third-order valence-electron chi connectivity index (χ3n) is 17.1. The summed E-state index contributed by atoms with van der Waals surface area (Å²) in [5, 5.41) is 9.74. The van der Waals surface area contributed by atoms with Crippen LogP contribution in [0.4, 0.5) is 0 Å². The molecule has 510 valence electrons. The van der Waals surface area contributed by atoms with E-state index in [1.807, 2.05) is 21.1 Å². The van der Waals surface area contributed by atoms with Gasteiger partial charge in [-0.3, -0.25) is 9.59 Å². The van der Waals surface area contributed by atoms with Gasteiger partial charge >= 0.3 is 17.9 Å². The number of allylic oxidation sites excluding steroid dienone is 8. The largest absolute Gasteiger partial charge is 0.477 e. The van der Waals surface area contributed by atoms with Crippen LogP contribution in [0.15, 0.2) is 48.6 Å². The van der Waals surface area contributed by atoms with E-state index in [1.54, 1.807) is 0 Å². The highest BCUT2D eigenvalue weighted by atomic mass is 16.7. The van der Waals surface area contributed by atoms with Crippen LogP contribution in [-0.4, -0.2) is 87.4 Å². The Morgan fingerprint density at radius 2 is 0.655 bits per heavy atom. The van der Waals surface area contributed by atoms with Crippen molar-refractivity contribution in [2.45, 2.75) is 386 Å². The smallest absolute Gasteiger partial charge is 0.361 e. The Morgan fingerprint density at radius 3 is 0.977 bits per heavy atom. The number of nitrogens with zero attached hydrogens (tertiary/aromatic N) is 1. The van der Waals surface area contributed by atoms with Crippen molar-refractivity contribution in [3.05, 3.63) is 48.6 Å². The quantitative estimate of drug-likeness (QED) is 0.0211. The Balaban J connectivity index is 3.91. The fraction of sp³-hybridized carbons (Fsp3) is 0.859. The summed E-state index contributed by atoms with van der Waals surface area (Å²) < 4.78 is 23.0. The molecule has 0 saturated heterocycles. The zero-order valence-electron chi connectivity index (χ0n) is 58.5. The predicted octanol–water partition coefficient (Wildman–Crippen LogP) is 23.7. The van der Waals surface area contributed by atoms with E-state index in [1.165, 1.54) is 270 Å². The second kappa shape index (κ2) is 69.1. The first kappa shape index (κ1) is 84.2. The summed E-state index contributed by atoms with van der Waals surface area (Å²) in [6, 6.07) is 0. The number of unbranched alkanes of at least 4 members (excludes halogenated alkanes) is 48. The molecule has 9 heteroatoms. The van der Waals surface area contributed by atoms with Crippen LogP contribution in [0.3, 0.4) is 0 Å². The summed E-state index contributed by atoms with van der Waals surface area (Å²) in [7, 11) is 5.98. The molecule has 0 aliphatic carbocycles. The third-order valence-corrected chi connectivity index (χ3v) is 17.1. The molecule has 9 nitrogen and oxygen atoms in total. The normalized spacial score (nSPS) is 12.9. The Hall–Kier alpha value is -2.75. The lowest BCUT2D eigenvalue weighted by atomic mass is 10.0. The molecule has 0 aromatic heterocycles. The van der Waals surface area contributed by atoms with Crippen molar-refractivity contribution < 1.29 is 42.9 Å². The fourth-order valence-electron chi connectivity index (χ4n) is 11.4. The van der Waals surface area contributed by atoms with Crippen LogP contribution < -0.4 is 0 Å². The molecular formula is C78H146NO8+. The first-order chi connectivity index (χ1) is 42.6. The number of carboxylic acids is 1. The molecule has 1 N–H and O–H groups in total. The molecule has 0 rings (SSSR count). The van der Waals surface area contributed by atoms with Crippen molar-refractivity contribution in [3.8, 4) is 0 Å². The van der Waals surface area contributed by atoms with Gasteiger partial charge in [0.1, 0.15) is 13.2 Å². The summed E-state index contributed by atoms with van der Waals surface area (Å²) >= 11 is 0. The van der Waals surface area contributed by atoms with Gasteiger partial charge in [-0.25, -0.2) is 4.79 Å². The number of likely N-dealkylation sites (N-methyl/N-ethyl adjacent to an activating group) is 1. The number of aliphatic carboxylic acids is 1. The zero-order valence-corrected chi connectivity index (χ0v) is 58.5.